The first-order valence-electron chi connectivity index (χ1n) is 3.98. The monoisotopic (exact) mass is 191 g/mol. The number of nitriles is 1. The van der Waals surface area contributed by atoms with Gasteiger partial charge < -0.3 is 0 Å². The van der Waals surface area contributed by atoms with Crippen LogP contribution in [0.5, 0.6) is 0 Å². The van der Waals surface area contributed by atoms with Gasteiger partial charge in [0.25, 0.3) is 0 Å². The van der Waals surface area contributed by atoms with Crippen LogP contribution in [0.4, 0.5) is 0 Å². The van der Waals surface area contributed by atoms with Gasteiger partial charge in [-0.2, -0.15) is 5.26 Å². The summed E-state index contributed by atoms with van der Waals surface area (Å²) in [5, 5.41) is 8.71. The third-order valence-electron chi connectivity index (χ3n) is 1.81. The number of benzene rings is 1. The summed E-state index contributed by atoms with van der Waals surface area (Å²) in [6.45, 7) is 4.03. The third kappa shape index (κ3) is 2.61. The molecule has 0 aliphatic heterocycles. The van der Waals surface area contributed by atoms with E-state index >= 15 is 0 Å². The lowest BCUT2D eigenvalue weighted by Crippen LogP contribution is -1.82. The lowest BCUT2D eigenvalue weighted by atomic mass is 10.1. The fraction of sp³-hybridized carbons (Fsp3) is 0.182. The summed E-state index contributed by atoms with van der Waals surface area (Å²) >= 11 is 5.61. The predicted molar refractivity (Wildman–Crippen MR) is 55.4 cm³/mol. The molecular formula is C11H10ClN. The number of rotatable bonds is 1. The van der Waals surface area contributed by atoms with Crippen LogP contribution in [-0.2, 0) is 0 Å². The molecule has 0 N–H and O–H groups in total. The molecule has 0 aliphatic rings. The van der Waals surface area contributed by atoms with Gasteiger partial charge >= 0.3 is 0 Å². The molecule has 0 amide bonds. The van der Waals surface area contributed by atoms with Crippen molar-refractivity contribution < 1.29 is 0 Å². The topological polar surface area (TPSA) is 23.8 Å². The molecule has 1 aromatic rings. The molecule has 0 unspecified atom stereocenters. The third-order valence-corrected chi connectivity index (χ3v) is 2.01. The average molecular weight is 192 g/mol. The normalized spacial score (nSPS) is 11.1. The van der Waals surface area contributed by atoms with Crippen LogP contribution in [0, 0.1) is 25.2 Å². The van der Waals surface area contributed by atoms with Gasteiger partial charge in [0.15, 0.2) is 0 Å². The number of hydrogen-bond donors (Lipinski definition) is 0. The molecule has 0 bridgehead atoms. The maximum Gasteiger partial charge on any atom is 0.118 e. The van der Waals surface area contributed by atoms with E-state index in [4.69, 9.17) is 16.9 Å². The van der Waals surface area contributed by atoms with Gasteiger partial charge in [-0.1, -0.05) is 35.4 Å². The SMILES string of the molecule is Cc1ccc(/C=C(/Cl)C#N)c(C)c1. The van der Waals surface area contributed by atoms with E-state index in [1.807, 2.05) is 32.0 Å². The summed E-state index contributed by atoms with van der Waals surface area (Å²) in [5.74, 6) is 0. The molecule has 66 valence electrons. The van der Waals surface area contributed by atoms with Crippen molar-refractivity contribution in [1.82, 2.24) is 0 Å². The van der Waals surface area contributed by atoms with E-state index in [9.17, 15) is 0 Å². The Morgan fingerprint density at radius 3 is 2.69 bits per heavy atom. The number of aryl methyl sites for hydroxylation is 2. The molecular weight excluding hydrogens is 182 g/mol. The molecule has 2 heteroatoms. The van der Waals surface area contributed by atoms with Gasteiger partial charge in [-0.05, 0) is 31.1 Å². The fourth-order valence-electron chi connectivity index (χ4n) is 1.16. The Morgan fingerprint density at radius 1 is 1.46 bits per heavy atom. The first kappa shape index (κ1) is 9.83. The highest BCUT2D eigenvalue weighted by molar-refractivity contribution is 6.33. The first-order chi connectivity index (χ1) is 6.13. The maximum absolute atomic E-state index is 8.49. The second-order valence-corrected chi connectivity index (χ2v) is 3.37. The minimum absolute atomic E-state index is 0.215. The molecule has 1 rings (SSSR count). The summed E-state index contributed by atoms with van der Waals surface area (Å²) in [5.41, 5.74) is 3.34. The highest BCUT2D eigenvalue weighted by Crippen LogP contribution is 2.15. The van der Waals surface area contributed by atoms with E-state index < -0.39 is 0 Å². The Bertz CT molecular complexity index is 386. The van der Waals surface area contributed by atoms with E-state index in [0.29, 0.717) is 0 Å². The summed E-state index contributed by atoms with van der Waals surface area (Å²) in [6.07, 6.45) is 1.68. The van der Waals surface area contributed by atoms with Gasteiger partial charge in [0.05, 0.1) is 0 Å². The molecule has 0 spiro atoms. The molecule has 0 radical (unpaired) electrons. The minimum atomic E-state index is 0.215. The Kier molecular flexibility index (Phi) is 3.11. The van der Waals surface area contributed by atoms with E-state index in [0.717, 1.165) is 11.1 Å². The van der Waals surface area contributed by atoms with Crippen molar-refractivity contribution in [3.63, 3.8) is 0 Å². The van der Waals surface area contributed by atoms with E-state index in [2.05, 4.69) is 6.07 Å². The minimum Gasteiger partial charge on any atom is -0.191 e. The van der Waals surface area contributed by atoms with Crippen LogP contribution >= 0.6 is 11.6 Å². The Hall–Kier alpha value is -1.26. The molecule has 0 atom stereocenters. The molecule has 0 heterocycles. The van der Waals surface area contributed by atoms with Crippen LogP contribution < -0.4 is 0 Å². The zero-order valence-electron chi connectivity index (χ0n) is 7.63. The predicted octanol–water partition coefficient (Wildman–Crippen LogP) is 3.41. The largest absolute Gasteiger partial charge is 0.191 e. The lowest BCUT2D eigenvalue weighted by Gasteiger charge is -2.00. The second-order valence-electron chi connectivity index (χ2n) is 2.96. The van der Waals surface area contributed by atoms with Crippen LogP contribution in [0.3, 0.4) is 0 Å². The van der Waals surface area contributed by atoms with Crippen molar-refractivity contribution in [3.05, 3.63) is 39.9 Å². The molecule has 0 saturated carbocycles. The number of nitrogens with zero attached hydrogens (tertiary/aromatic N) is 1. The van der Waals surface area contributed by atoms with Crippen molar-refractivity contribution in [1.29, 1.82) is 5.26 Å². The van der Waals surface area contributed by atoms with Crippen molar-refractivity contribution in [2.24, 2.45) is 0 Å². The first-order valence-corrected chi connectivity index (χ1v) is 4.36. The quantitative estimate of drug-likeness (QED) is 0.625. The van der Waals surface area contributed by atoms with E-state index in [1.165, 1.54) is 5.56 Å². The fourth-order valence-corrected chi connectivity index (χ4v) is 1.27. The van der Waals surface area contributed by atoms with Gasteiger partial charge in [0.1, 0.15) is 11.1 Å². The molecule has 0 saturated heterocycles. The van der Waals surface area contributed by atoms with Crippen LogP contribution in [0.15, 0.2) is 23.2 Å². The van der Waals surface area contributed by atoms with Gasteiger partial charge in [-0.15, -0.1) is 0 Å². The van der Waals surface area contributed by atoms with Gasteiger partial charge in [-0.3, -0.25) is 0 Å². The van der Waals surface area contributed by atoms with E-state index in [-0.39, 0.29) is 5.03 Å². The van der Waals surface area contributed by atoms with Gasteiger partial charge in [0, 0.05) is 0 Å². The van der Waals surface area contributed by atoms with Crippen molar-refractivity contribution >= 4 is 17.7 Å². The second kappa shape index (κ2) is 4.11. The summed E-state index contributed by atoms with van der Waals surface area (Å²) in [7, 11) is 0. The van der Waals surface area contributed by atoms with Crippen LogP contribution in [0.25, 0.3) is 6.08 Å². The van der Waals surface area contributed by atoms with Crippen molar-refractivity contribution in [2.45, 2.75) is 13.8 Å². The highest BCUT2D eigenvalue weighted by atomic mass is 35.5. The number of allylic oxidation sites excluding steroid dienone is 1. The summed E-state index contributed by atoms with van der Waals surface area (Å²) in [6, 6.07) is 7.91. The summed E-state index contributed by atoms with van der Waals surface area (Å²) < 4.78 is 0. The van der Waals surface area contributed by atoms with Crippen molar-refractivity contribution in [3.8, 4) is 6.07 Å². The highest BCUT2D eigenvalue weighted by Gasteiger charge is 1.96. The zero-order chi connectivity index (χ0) is 9.84. The van der Waals surface area contributed by atoms with Crippen molar-refractivity contribution in [2.75, 3.05) is 0 Å². The van der Waals surface area contributed by atoms with Gasteiger partial charge in [-0.25, -0.2) is 0 Å². The van der Waals surface area contributed by atoms with Crippen LogP contribution in [-0.4, -0.2) is 0 Å². The lowest BCUT2D eigenvalue weighted by molar-refractivity contribution is 1.37. The molecule has 1 nitrogen and oxygen atoms in total. The molecule has 0 aromatic heterocycles. The van der Waals surface area contributed by atoms with Crippen LogP contribution in [0.1, 0.15) is 16.7 Å². The van der Waals surface area contributed by atoms with Crippen LogP contribution in [0.2, 0.25) is 0 Å². The molecule has 0 fully saturated rings. The molecule has 0 aliphatic carbocycles. The smallest absolute Gasteiger partial charge is 0.118 e. The number of halogens is 1. The molecule has 13 heavy (non-hydrogen) atoms. The molecule has 1 aromatic carbocycles. The van der Waals surface area contributed by atoms with Gasteiger partial charge in [0.2, 0.25) is 0 Å². The Labute approximate surface area is 83.3 Å². The summed E-state index contributed by atoms with van der Waals surface area (Å²) in [4.78, 5) is 0. The maximum atomic E-state index is 8.49. The number of hydrogen-bond acceptors (Lipinski definition) is 1. The standard InChI is InChI=1S/C11H10ClN/c1-8-3-4-10(9(2)5-8)6-11(12)7-13/h3-6H,1-2H3/b11-6+. The Balaban J connectivity index is 3.12. The Morgan fingerprint density at radius 2 is 2.15 bits per heavy atom. The average Bonchev–Trinajstić information content (AvgIpc) is 2.09. The zero-order valence-corrected chi connectivity index (χ0v) is 8.39. The van der Waals surface area contributed by atoms with E-state index in [1.54, 1.807) is 6.08 Å².